The second-order valence-corrected chi connectivity index (χ2v) is 6.05. The molecule has 140 valence electrons. The Hall–Kier alpha value is -2.81. The number of nitrogens with zero attached hydrogens (tertiary/aromatic N) is 3. The van der Waals surface area contributed by atoms with Crippen LogP contribution < -0.4 is 10.8 Å². The van der Waals surface area contributed by atoms with E-state index < -0.39 is 5.82 Å². The average molecular weight is 390 g/mol. The Morgan fingerprint density at radius 1 is 1.19 bits per heavy atom. The molecule has 0 aliphatic carbocycles. The zero-order chi connectivity index (χ0) is 19.1. The summed E-state index contributed by atoms with van der Waals surface area (Å²) in [5.41, 5.74) is 4.23. The lowest BCUT2D eigenvalue weighted by atomic mass is 10.1. The van der Waals surface area contributed by atoms with E-state index in [-0.39, 0.29) is 16.6 Å². The zero-order valence-electron chi connectivity index (χ0n) is 14.2. The first-order valence-electron chi connectivity index (χ1n) is 8.17. The van der Waals surface area contributed by atoms with Crippen LogP contribution in [-0.2, 0) is 13.0 Å². The lowest BCUT2D eigenvalue weighted by Crippen LogP contribution is -2.24. The lowest BCUT2D eigenvalue weighted by Gasteiger charge is -2.05. The van der Waals surface area contributed by atoms with E-state index in [0.29, 0.717) is 17.9 Å². The maximum absolute atomic E-state index is 13.3. The molecule has 0 atom stereocenters. The molecule has 2 aromatic carbocycles. The van der Waals surface area contributed by atoms with Crippen LogP contribution in [0.5, 0.6) is 0 Å². The van der Waals surface area contributed by atoms with Crippen molar-refractivity contribution >= 4 is 23.1 Å². The van der Waals surface area contributed by atoms with Gasteiger partial charge in [-0.15, -0.1) is 0 Å². The molecule has 1 aromatic heterocycles. The summed E-state index contributed by atoms with van der Waals surface area (Å²) in [5, 5.41) is 20.2. The zero-order valence-corrected chi connectivity index (χ0v) is 14.9. The number of aliphatic imine (C=N–C) groups is 1. The smallest absolute Gasteiger partial charge is 0.182 e. The number of hydrogen-bond acceptors (Lipinski definition) is 6. The van der Waals surface area contributed by atoms with Gasteiger partial charge in [-0.05, 0) is 41.9 Å². The first-order valence-corrected chi connectivity index (χ1v) is 8.55. The Balaban J connectivity index is 1.66. The molecule has 0 aliphatic heterocycles. The molecule has 9 heteroatoms. The van der Waals surface area contributed by atoms with E-state index in [1.807, 2.05) is 23.7 Å². The van der Waals surface area contributed by atoms with Gasteiger partial charge in [0, 0.05) is 6.54 Å². The molecule has 3 rings (SSSR count). The SMILES string of the molecule is ONC(=Nc1ccc(F)c(Cl)c1)c1nonc1CNCCc1ccccc1. The number of hydrogen-bond donors (Lipinski definition) is 3. The maximum atomic E-state index is 13.3. The fourth-order valence-corrected chi connectivity index (χ4v) is 2.58. The Morgan fingerprint density at radius 2 is 2.00 bits per heavy atom. The van der Waals surface area contributed by atoms with Crippen LogP contribution in [0.1, 0.15) is 17.0 Å². The van der Waals surface area contributed by atoms with E-state index in [1.165, 1.54) is 23.8 Å². The molecule has 0 bridgehead atoms. The molecule has 0 unspecified atom stereocenters. The van der Waals surface area contributed by atoms with E-state index in [2.05, 4.69) is 32.8 Å². The summed E-state index contributed by atoms with van der Waals surface area (Å²) in [6, 6.07) is 14.0. The number of benzene rings is 2. The summed E-state index contributed by atoms with van der Waals surface area (Å²) in [5.74, 6) is -0.542. The van der Waals surface area contributed by atoms with Gasteiger partial charge in [-0.3, -0.25) is 10.7 Å². The van der Waals surface area contributed by atoms with Gasteiger partial charge in [-0.1, -0.05) is 47.1 Å². The highest BCUT2D eigenvalue weighted by atomic mass is 35.5. The van der Waals surface area contributed by atoms with Crippen molar-refractivity contribution in [2.24, 2.45) is 4.99 Å². The quantitative estimate of drug-likeness (QED) is 0.248. The molecule has 0 spiro atoms. The van der Waals surface area contributed by atoms with E-state index in [0.717, 1.165) is 13.0 Å². The molecule has 0 saturated carbocycles. The number of rotatable bonds is 7. The first kappa shape index (κ1) is 19.0. The summed E-state index contributed by atoms with van der Waals surface area (Å²) in [6.07, 6.45) is 0.856. The van der Waals surface area contributed by atoms with Crippen molar-refractivity contribution in [2.45, 2.75) is 13.0 Å². The van der Waals surface area contributed by atoms with Gasteiger partial charge in [0.2, 0.25) is 0 Å². The van der Waals surface area contributed by atoms with Crippen molar-refractivity contribution in [1.29, 1.82) is 0 Å². The second-order valence-electron chi connectivity index (χ2n) is 5.64. The lowest BCUT2D eigenvalue weighted by molar-refractivity contribution is 0.234. The van der Waals surface area contributed by atoms with Gasteiger partial charge < -0.3 is 5.32 Å². The van der Waals surface area contributed by atoms with E-state index in [9.17, 15) is 9.60 Å². The molecule has 7 nitrogen and oxygen atoms in total. The number of aromatic nitrogens is 2. The fraction of sp³-hybridized carbons (Fsp3) is 0.167. The van der Waals surface area contributed by atoms with Gasteiger partial charge in [0.1, 0.15) is 11.5 Å². The van der Waals surface area contributed by atoms with Crippen LogP contribution in [0.2, 0.25) is 5.02 Å². The van der Waals surface area contributed by atoms with Crippen LogP contribution in [0.25, 0.3) is 0 Å². The van der Waals surface area contributed by atoms with Crippen molar-refractivity contribution in [3.63, 3.8) is 0 Å². The summed E-state index contributed by atoms with van der Waals surface area (Å²) in [4.78, 5) is 4.17. The molecule has 3 aromatic rings. The number of nitrogens with one attached hydrogen (secondary N) is 2. The van der Waals surface area contributed by atoms with E-state index in [4.69, 9.17) is 16.2 Å². The van der Waals surface area contributed by atoms with Crippen molar-refractivity contribution in [3.05, 3.63) is 76.3 Å². The molecular weight excluding hydrogens is 373 g/mol. The first-order chi connectivity index (χ1) is 13.2. The van der Waals surface area contributed by atoms with Crippen LogP contribution in [0, 0.1) is 5.82 Å². The van der Waals surface area contributed by atoms with Crippen LogP contribution in [0.4, 0.5) is 10.1 Å². The summed E-state index contributed by atoms with van der Waals surface area (Å²) >= 11 is 5.75. The maximum Gasteiger partial charge on any atom is 0.182 e. The minimum absolute atomic E-state index is 0.0128. The second kappa shape index (κ2) is 9.22. The highest BCUT2D eigenvalue weighted by Gasteiger charge is 2.16. The highest BCUT2D eigenvalue weighted by molar-refractivity contribution is 6.31. The highest BCUT2D eigenvalue weighted by Crippen LogP contribution is 2.22. The molecular formula is C18H17ClFN5O2. The third kappa shape index (κ3) is 5.10. The van der Waals surface area contributed by atoms with Gasteiger partial charge >= 0.3 is 0 Å². The normalized spacial score (nSPS) is 11.6. The van der Waals surface area contributed by atoms with Gasteiger partial charge in [-0.2, -0.15) is 0 Å². The molecule has 27 heavy (non-hydrogen) atoms. The summed E-state index contributed by atoms with van der Waals surface area (Å²) in [7, 11) is 0. The molecule has 0 radical (unpaired) electrons. The van der Waals surface area contributed by atoms with Gasteiger partial charge in [0.25, 0.3) is 0 Å². The predicted octanol–water partition coefficient (Wildman–Crippen LogP) is 3.25. The topological polar surface area (TPSA) is 95.6 Å². The van der Waals surface area contributed by atoms with Crippen molar-refractivity contribution in [2.75, 3.05) is 6.54 Å². The minimum Gasteiger partial charge on any atom is -0.311 e. The van der Waals surface area contributed by atoms with E-state index in [1.54, 1.807) is 0 Å². The Labute approximate surface area is 159 Å². The minimum atomic E-state index is -0.555. The summed E-state index contributed by atoms with van der Waals surface area (Å²) in [6.45, 7) is 1.10. The van der Waals surface area contributed by atoms with Gasteiger partial charge in [-0.25, -0.2) is 14.0 Å². The van der Waals surface area contributed by atoms with E-state index >= 15 is 0 Å². The Bertz CT molecular complexity index is 917. The van der Waals surface area contributed by atoms with Crippen molar-refractivity contribution in [3.8, 4) is 0 Å². The molecule has 0 saturated heterocycles. The third-order valence-electron chi connectivity index (χ3n) is 3.76. The van der Waals surface area contributed by atoms with Crippen molar-refractivity contribution in [1.82, 2.24) is 21.1 Å². The average Bonchev–Trinajstić information content (AvgIpc) is 3.15. The molecule has 0 fully saturated rings. The van der Waals surface area contributed by atoms with Crippen molar-refractivity contribution < 1.29 is 14.2 Å². The Morgan fingerprint density at radius 3 is 2.74 bits per heavy atom. The molecule has 1 heterocycles. The summed E-state index contributed by atoms with van der Waals surface area (Å²) < 4.78 is 18.0. The monoisotopic (exact) mass is 389 g/mol. The standard InChI is InChI=1S/C18H17ClFN5O2/c19-14-10-13(6-7-15(14)20)22-18(23-26)17-16(24-27-25-17)11-21-9-8-12-4-2-1-3-5-12/h1-7,10,21,26H,8-9,11H2,(H,22,23). The van der Waals surface area contributed by atoms with Crippen LogP contribution >= 0.6 is 11.6 Å². The van der Waals surface area contributed by atoms with Crippen LogP contribution in [-0.4, -0.2) is 27.9 Å². The third-order valence-corrected chi connectivity index (χ3v) is 4.05. The van der Waals surface area contributed by atoms with Gasteiger partial charge in [0.15, 0.2) is 11.5 Å². The largest absolute Gasteiger partial charge is 0.311 e. The predicted molar refractivity (Wildman–Crippen MR) is 98.7 cm³/mol. The van der Waals surface area contributed by atoms with Gasteiger partial charge in [0.05, 0.1) is 10.7 Å². The molecule has 0 amide bonds. The molecule has 3 N–H and O–H groups in total. The fourth-order valence-electron chi connectivity index (χ4n) is 2.40. The van der Waals surface area contributed by atoms with Crippen LogP contribution in [0.15, 0.2) is 58.2 Å². The Kier molecular flexibility index (Phi) is 6.48. The van der Waals surface area contributed by atoms with Crippen LogP contribution in [0.3, 0.4) is 0 Å². The number of halogens is 2. The molecule has 0 aliphatic rings. The number of amidine groups is 1. The number of hydroxylamine groups is 1.